The van der Waals surface area contributed by atoms with Gasteiger partial charge >= 0.3 is 0 Å². The maximum atomic E-state index is 4.12. The van der Waals surface area contributed by atoms with Crippen molar-refractivity contribution in [2.45, 2.75) is 12.8 Å². The summed E-state index contributed by atoms with van der Waals surface area (Å²) in [5, 5.41) is 0. The highest BCUT2D eigenvalue weighted by atomic mass is 14.7. The molecule has 1 rings (SSSR count). The molecule has 1 heteroatoms. The van der Waals surface area contributed by atoms with Crippen LogP contribution in [0.2, 0.25) is 0 Å². The molecular formula is C8H10N. The van der Waals surface area contributed by atoms with Gasteiger partial charge in [-0.2, -0.15) is 0 Å². The van der Waals surface area contributed by atoms with Crippen molar-refractivity contribution in [1.29, 1.82) is 0 Å². The van der Waals surface area contributed by atoms with E-state index in [4.69, 9.17) is 0 Å². The first kappa shape index (κ1) is 6.27. The van der Waals surface area contributed by atoms with Crippen LogP contribution >= 0.6 is 0 Å². The van der Waals surface area contributed by atoms with Gasteiger partial charge in [-0.25, -0.2) is 0 Å². The highest BCUT2D eigenvalue weighted by Gasteiger charge is 1.95. The van der Waals surface area contributed by atoms with Crippen LogP contribution < -0.4 is 0 Å². The van der Waals surface area contributed by atoms with E-state index in [1.54, 1.807) is 6.20 Å². The van der Waals surface area contributed by atoms with Crippen molar-refractivity contribution in [2.24, 2.45) is 0 Å². The Hall–Kier alpha value is -0.850. The molecule has 0 spiro atoms. The molecule has 0 aromatic carbocycles. The van der Waals surface area contributed by atoms with Crippen molar-refractivity contribution in [3.8, 4) is 0 Å². The fourth-order valence-electron chi connectivity index (χ4n) is 0.667. The molecule has 1 aromatic heterocycles. The average Bonchev–Trinajstić information content (AvgIpc) is 1.90. The van der Waals surface area contributed by atoms with Gasteiger partial charge in [-0.1, -0.05) is 13.0 Å². The van der Waals surface area contributed by atoms with E-state index in [0.717, 1.165) is 5.69 Å². The van der Waals surface area contributed by atoms with Gasteiger partial charge in [-0.15, -0.1) is 0 Å². The van der Waals surface area contributed by atoms with Gasteiger partial charge in [0.05, 0.1) is 0 Å². The van der Waals surface area contributed by atoms with Gasteiger partial charge in [0.25, 0.3) is 0 Å². The first-order chi connectivity index (χ1) is 4.30. The molecule has 0 bridgehead atoms. The van der Waals surface area contributed by atoms with E-state index in [1.165, 1.54) is 0 Å². The van der Waals surface area contributed by atoms with Crippen molar-refractivity contribution in [3.05, 3.63) is 37.0 Å². The molecule has 0 amide bonds. The molecule has 1 aromatic rings. The van der Waals surface area contributed by atoms with E-state index in [2.05, 4.69) is 11.9 Å². The van der Waals surface area contributed by atoms with Gasteiger partial charge in [0.15, 0.2) is 0 Å². The van der Waals surface area contributed by atoms with E-state index in [0.29, 0.717) is 5.92 Å². The normalized spacial score (nSPS) is 10.1. The molecule has 0 N–H and O–H groups in total. The molecular weight excluding hydrogens is 110 g/mol. The minimum atomic E-state index is 0.297. The summed E-state index contributed by atoms with van der Waals surface area (Å²) in [4.78, 5) is 4.12. The number of aromatic nitrogens is 1. The Morgan fingerprint density at radius 2 is 2.33 bits per heavy atom. The Labute approximate surface area is 55.7 Å². The fraction of sp³-hybridized carbons (Fsp3) is 0.250. The summed E-state index contributed by atoms with van der Waals surface area (Å²) in [5.74, 6) is 0.297. The molecule has 1 radical (unpaired) electrons. The lowest BCUT2D eigenvalue weighted by molar-refractivity contribution is 0.904. The molecule has 1 unspecified atom stereocenters. The van der Waals surface area contributed by atoms with Crippen LogP contribution in [0.3, 0.4) is 0 Å². The molecule has 47 valence electrons. The number of hydrogen-bond donors (Lipinski definition) is 0. The summed E-state index contributed by atoms with van der Waals surface area (Å²) < 4.78 is 0. The molecule has 0 saturated heterocycles. The van der Waals surface area contributed by atoms with E-state index < -0.39 is 0 Å². The Bertz CT molecular complexity index is 167. The lowest BCUT2D eigenvalue weighted by Gasteiger charge is -2.00. The number of nitrogens with zero attached hydrogens (tertiary/aromatic N) is 1. The fourth-order valence-corrected chi connectivity index (χ4v) is 0.667. The number of hydrogen-bond acceptors (Lipinski definition) is 1. The Morgan fingerprint density at radius 1 is 1.56 bits per heavy atom. The zero-order valence-corrected chi connectivity index (χ0v) is 5.54. The lowest BCUT2D eigenvalue weighted by atomic mass is 10.1. The summed E-state index contributed by atoms with van der Waals surface area (Å²) in [6.07, 6.45) is 1.79. The summed E-state index contributed by atoms with van der Waals surface area (Å²) in [5.41, 5.74) is 1.05. The first-order valence-electron chi connectivity index (χ1n) is 3.04. The van der Waals surface area contributed by atoms with Crippen LogP contribution in [0.15, 0.2) is 24.4 Å². The lowest BCUT2D eigenvalue weighted by Crippen LogP contribution is -1.89. The molecule has 1 heterocycles. The zero-order chi connectivity index (χ0) is 6.69. The quantitative estimate of drug-likeness (QED) is 0.552. The van der Waals surface area contributed by atoms with Gasteiger partial charge in [-0.3, -0.25) is 4.98 Å². The van der Waals surface area contributed by atoms with Crippen molar-refractivity contribution in [2.75, 3.05) is 0 Å². The van der Waals surface area contributed by atoms with Crippen LogP contribution in [-0.2, 0) is 0 Å². The van der Waals surface area contributed by atoms with E-state index in [9.17, 15) is 0 Å². The average molecular weight is 120 g/mol. The van der Waals surface area contributed by atoms with E-state index in [1.807, 2.05) is 25.1 Å². The molecule has 0 aliphatic heterocycles. The van der Waals surface area contributed by atoms with Crippen LogP contribution in [0.25, 0.3) is 0 Å². The third-order valence-corrected chi connectivity index (χ3v) is 1.19. The maximum Gasteiger partial charge on any atom is 0.0431 e. The smallest absolute Gasteiger partial charge is 0.0431 e. The Morgan fingerprint density at radius 3 is 2.67 bits per heavy atom. The Kier molecular flexibility index (Phi) is 1.83. The van der Waals surface area contributed by atoms with Gasteiger partial charge in [-0.05, 0) is 25.0 Å². The van der Waals surface area contributed by atoms with Crippen molar-refractivity contribution >= 4 is 0 Å². The maximum absolute atomic E-state index is 4.12. The van der Waals surface area contributed by atoms with Crippen LogP contribution in [0.1, 0.15) is 18.5 Å². The highest BCUT2D eigenvalue weighted by molar-refractivity contribution is 5.08. The van der Waals surface area contributed by atoms with Crippen molar-refractivity contribution < 1.29 is 0 Å². The first-order valence-corrected chi connectivity index (χ1v) is 3.04. The van der Waals surface area contributed by atoms with Crippen LogP contribution in [0, 0.1) is 6.92 Å². The predicted molar refractivity (Wildman–Crippen MR) is 38.0 cm³/mol. The summed E-state index contributed by atoms with van der Waals surface area (Å²) in [7, 11) is 0. The van der Waals surface area contributed by atoms with Crippen molar-refractivity contribution in [1.82, 2.24) is 4.98 Å². The molecule has 0 aliphatic rings. The topological polar surface area (TPSA) is 12.9 Å². The number of pyridine rings is 1. The third kappa shape index (κ3) is 1.53. The zero-order valence-electron chi connectivity index (χ0n) is 5.54. The number of rotatable bonds is 1. The van der Waals surface area contributed by atoms with Gasteiger partial charge in [0, 0.05) is 11.9 Å². The molecule has 0 saturated carbocycles. The van der Waals surface area contributed by atoms with E-state index in [-0.39, 0.29) is 0 Å². The third-order valence-electron chi connectivity index (χ3n) is 1.19. The second kappa shape index (κ2) is 2.62. The summed E-state index contributed by atoms with van der Waals surface area (Å²) >= 11 is 0. The van der Waals surface area contributed by atoms with Gasteiger partial charge in [0.1, 0.15) is 0 Å². The minimum absolute atomic E-state index is 0.297. The summed E-state index contributed by atoms with van der Waals surface area (Å²) in [6.45, 7) is 5.88. The summed E-state index contributed by atoms with van der Waals surface area (Å²) in [6, 6.07) is 5.87. The van der Waals surface area contributed by atoms with Crippen LogP contribution in [0.5, 0.6) is 0 Å². The molecule has 0 fully saturated rings. The largest absolute Gasteiger partial charge is 0.261 e. The second-order valence-corrected chi connectivity index (χ2v) is 2.16. The highest BCUT2D eigenvalue weighted by Crippen LogP contribution is 2.07. The van der Waals surface area contributed by atoms with Gasteiger partial charge < -0.3 is 0 Å². The molecule has 9 heavy (non-hydrogen) atoms. The Balaban J connectivity index is 2.85. The van der Waals surface area contributed by atoms with Crippen LogP contribution in [0.4, 0.5) is 0 Å². The van der Waals surface area contributed by atoms with E-state index >= 15 is 0 Å². The van der Waals surface area contributed by atoms with Gasteiger partial charge in [0.2, 0.25) is 0 Å². The molecule has 0 aliphatic carbocycles. The standard InChI is InChI=1S/C8H10N/c1-7(2)8-5-3-4-6-9-8/h3-7H,1H2,2H3. The predicted octanol–water partition coefficient (Wildman–Crippen LogP) is 2.02. The second-order valence-electron chi connectivity index (χ2n) is 2.16. The van der Waals surface area contributed by atoms with Crippen LogP contribution in [-0.4, -0.2) is 4.98 Å². The monoisotopic (exact) mass is 120 g/mol. The minimum Gasteiger partial charge on any atom is -0.261 e. The SMILES string of the molecule is [CH2]C(C)c1ccccn1. The molecule has 1 atom stereocenters. The van der Waals surface area contributed by atoms with Crippen molar-refractivity contribution in [3.63, 3.8) is 0 Å². The molecule has 1 nitrogen and oxygen atoms in total.